The Balaban J connectivity index is 2.85. The molecule has 0 aliphatic heterocycles. The molecule has 94 valence electrons. The maximum absolute atomic E-state index is 13.2. The highest BCUT2D eigenvalue weighted by atomic mass is 19.1. The van der Waals surface area contributed by atoms with Crippen LogP contribution < -0.4 is 11.1 Å². The van der Waals surface area contributed by atoms with Crippen molar-refractivity contribution in [2.45, 2.75) is 13.8 Å². The first kappa shape index (κ1) is 13.3. The Bertz CT molecular complexity index is 407. The highest BCUT2D eigenvalue weighted by Gasteiger charge is 2.12. The molecule has 3 N–H and O–H groups in total. The molecule has 0 saturated heterocycles. The summed E-state index contributed by atoms with van der Waals surface area (Å²) in [6.45, 7) is 4.29. The van der Waals surface area contributed by atoms with E-state index in [4.69, 9.17) is 5.73 Å². The summed E-state index contributed by atoms with van der Waals surface area (Å²) in [5.41, 5.74) is 4.94. The Hall–Kier alpha value is -1.72. The zero-order valence-corrected chi connectivity index (χ0v) is 9.60. The summed E-state index contributed by atoms with van der Waals surface area (Å²) in [5.74, 6) is -2.92. The molecule has 17 heavy (non-hydrogen) atoms. The fourth-order valence-electron chi connectivity index (χ4n) is 1.11. The second kappa shape index (κ2) is 5.56. The van der Waals surface area contributed by atoms with E-state index in [9.17, 15) is 13.2 Å². The number of nitrogens with one attached hydrogen (secondary N) is 1. The van der Waals surface area contributed by atoms with Crippen molar-refractivity contribution in [2.75, 3.05) is 11.9 Å². The van der Waals surface area contributed by atoms with E-state index in [1.807, 2.05) is 13.8 Å². The predicted molar refractivity (Wildman–Crippen MR) is 61.3 cm³/mol. The lowest BCUT2D eigenvalue weighted by Gasteiger charge is -2.08. The molecule has 0 aliphatic carbocycles. The number of nitrogens with zero attached hydrogens (tertiary/aromatic N) is 1. The van der Waals surface area contributed by atoms with Crippen LogP contribution >= 0.6 is 0 Å². The Labute approximate surface area is 97.5 Å². The summed E-state index contributed by atoms with van der Waals surface area (Å²) in [7, 11) is 0. The number of rotatable bonds is 3. The van der Waals surface area contributed by atoms with Crippen molar-refractivity contribution in [2.24, 2.45) is 16.6 Å². The molecule has 0 aromatic heterocycles. The first-order chi connectivity index (χ1) is 7.90. The van der Waals surface area contributed by atoms with E-state index in [1.165, 1.54) is 0 Å². The van der Waals surface area contributed by atoms with Crippen molar-refractivity contribution in [3.05, 3.63) is 29.6 Å². The number of guanidine groups is 1. The van der Waals surface area contributed by atoms with Gasteiger partial charge in [-0.05, 0) is 5.92 Å². The molecule has 6 heteroatoms. The van der Waals surface area contributed by atoms with Crippen LogP contribution in [0.4, 0.5) is 18.9 Å². The summed E-state index contributed by atoms with van der Waals surface area (Å²) in [5, 5.41) is 2.27. The number of benzene rings is 1. The highest BCUT2D eigenvalue weighted by Crippen LogP contribution is 2.19. The molecule has 0 heterocycles. The van der Waals surface area contributed by atoms with Crippen LogP contribution in [0.25, 0.3) is 0 Å². The minimum atomic E-state index is -1.05. The monoisotopic (exact) mass is 245 g/mol. The van der Waals surface area contributed by atoms with Crippen LogP contribution in [0.5, 0.6) is 0 Å². The molecule has 1 rings (SSSR count). The van der Waals surface area contributed by atoms with Gasteiger partial charge in [0.2, 0.25) is 0 Å². The van der Waals surface area contributed by atoms with Gasteiger partial charge in [-0.15, -0.1) is 0 Å². The van der Waals surface area contributed by atoms with Gasteiger partial charge in [-0.25, -0.2) is 13.2 Å². The van der Waals surface area contributed by atoms with Crippen LogP contribution in [-0.2, 0) is 0 Å². The molecule has 0 atom stereocenters. The van der Waals surface area contributed by atoms with Gasteiger partial charge >= 0.3 is 0 Å². The van der Waals surface area contributed by atoms with Gasteiger partial charge in [0.25, 0.3) is 0 Å². The normalized spacial score (nSPS) is 12.0. The van der Waals surface area contributed by atoms with Crippen molar-refractivity contribution < 1.29 is 13.2 Å². The van der Waals surface area contributed by atoms with E-state index < -0.39 is 23.1 Å². The first-order valence-electron chi connectivity index (χ1n) is 5.11. The molecule has 0 aliphatic rings. The molecule has 0 spiro atoms. The lowest BCUT2D eigenvalue weighted by Crippen LogP contribution is -2.24. The lowest BCUT2D eigenvalue weighted by atomic mass is 10.2. The molecule has 0 radical (unpaired) electrons. The number of halogens is 3. The highest BCUT2D eigenvalue weighted by molar-refractivity contribution is 5.92. The van der Waals surface area contributed by atoms with Crippen molar-refractivity contribution in [1.29, 1.82) is 0 Å². The van der Waals surface area contributed by atoms with Gasteiger partial charge in [0.1, 0.15) is 11.5 Å². The Morgan fingerprint density at radius 3 is 2.29 bits per heavy atom. The summed E-state index contributed by atoms with van der Waals surface area (Å²) in [6, 6.07) is 1.14. The van der Waals surface area contributed by atoms with Crippen LogP contribution in [0.3, 0.4) is 0 Å². The molecule has 1 aromatic carbocycles. The van der Waals surface area contributed by atoms with Crippen LogP contribution in [0.15, 0.2) is 17.1 Å². The maximum atomic E-state index is 13.2. The molecular weight excluding hydrogens is 231 g/mol. The predicted octanol–water partition coefficient (Wildman–Crippen LogP) is 2.49. The zero-order chi connectivity index (χ0) is 13.0. The van der Waals surface area contributed by atoms with Crippen molar-refractivity contribution in [1.82, 2.24) is 0 Å². The summed E-state index contributed by atoms with van der Waals surface area (Å²) >= 11 is 0. The number of aliphatic imine (C=N–C) groups is 1. The average Bonchev–Trinajstić information content (AvgIpc) is 2.20. The Morgan fingerprint density at radius 1 is 1.29 bits per heavy atom. The van der Waals surface area contributed by atoms with Gasteiger partial charge < -0.3 is 11.1 Å². The molecule has 0 amide bonds. The summed E-state index contributed by atoms with van der Waals surface area (Å²) in [6.07, 6.45) is 0. The lowest BCUT2D eigenvalue weighted by molar-refractivity contribution is 0.549. The third kappa shape index (κ3) is 3.97. The fraction of sp³-hybridized carbons (Fsp3) is 0.364. The van der Waals surface area contributed by atoms with Crippen LogP contribution in [0.2, 0.25) is 0 Å². The largest absolute Gasteiger partial charge is 0.370 e. The van der Waals surface area contributed by atoms with Gasteiger partial charge in [-0.3, -0.25) is 4.99 Å². The minimum absolute atomic E-state index is 0.108. The molecule has 0 saturated carbocycles. The van der Waals surface area contributed by atoms with Crippen LogP contribution in [0, 0.1) is 23.4 Å². The van der Waals surface area contributed by atoms with Gasteiger partial charge in [-0.2, -0.15) is 0 Å². The van der Waals surface area contributed by atoms with E-state index in [1.54, 1.807) is 0 Å². The number of anilines is 1. The van der Waals surface area contributed by atoms with Crippen LogP contribution in [-0.4, -0.2) is 12.5 Å². The van der Waals surface area contributed by atoms with E-state index in [2.05, 4.69) is 10.3 Å². The van der Waals surface area contributed by atoms with Gasteiger partial charge in [0.05, 0.1) is 0 Å². The third-order valence-corrected chi connectivity index (χ3v) is 1.89. The molecule has 3 nitrogen and oxygen atoms in total. The molecule has 0 fully saturated rings. The third-order valence-electron chi connectivity index (χ3n) is 1.89. The fourth-order valence-corrected chi connectivity index (χ4v) is 1.11. The van der Waals surface area contributed by atoms with Crippen molar-refractivity contribution >= 4 is 11.6 Å². The number of hydrogen-bond donors (Lipinski definition) is 2. The van der Waals surface area contributed by atoms with Crippen molar-refractivity contribution in [3.8, 4) is 0 Å². The standard InChI is InChI=1S/C11H14F3N3/c1-6(2)5-16-11(15)17-10-8(13)3-7(12)4-9(10)14/h3-4,6H,5H2,1-2H3,(H3,15,16,17). The van der Waals surface area contributed by atoms with Gasteiger partial charge in [-0.1, -0.05) is 13.8 Å². The Morgan fingerprint density at radius 2 is 1.82 bits per heavy atom. The van der Waals surface area contributed by atoms with E-state index >= 15 is 0 Å². The first-order valence-corrected chi connectivity index (χ1v) is 5.11. The zero-order valence-electron chi connectivity index (χ0n) is 9.60. The van der Waals surface area contributed by atoms with E-state index in [0.717, 1.165) is 0 Å². The Kier molecular flexibility index (Phi) is 4.37. The molecule has 0 bridgehead atoms. The summed E-state index contributed by atoms with van der Waals surface area (Å²) in [4.78, 5) is 3.88. The summed E-state index contributed by atoms with van der Waals surface area (Å²) < 4.78 is 39.1. The molecular formula is C11H14F3N3. The average molecular weight is 245 g/mol. The number of hydrogen-bond acceptors (Lipinski definition) is 1. The van der Waals surface area contributed by atoms with Gasteiger partial charge in [0.15, 0.2) is 17.6 Å². The molecule has 0 unspecified atom stereocenters. The topological polar surface area (TPSA) is 50.4 Å². The van der Waals surface area contributed by atoms with Crippen molar-refractivity contribution in [3.63, 3.8) is 0 Å². The smallest absolute Gasteiger partial charge is 0.193 e. The quantitative estimate of drug-likeness (QED) is 0.635. The second-order valence-electron chi connectivity index (χ2n) is 3.99. The van der Waals surface area contributed by atoms with E-state index in [-0.39, 0.29) is 11.9 Å². The molecule has 1 aromatic rings. The van der Waals surface area contributed by atoms with Gasteiger partial charge in [0, 0.05) is 18.7 Å². The second-order valence-corrected chi connectivity index (χ2v) is 3.99. The SMILES string of the molecule is CC(C)CN=C(N)Nc1c(F)cc(F)cc1F. The minimum Gasteiger partial charge on any atom is -0.370 e. The number of nitrogens with two attached hydrogens (primary N) is 1. The maximum Gasteiger partial charge on any atom is 0.193 e. The van der Waals surface area contributed by atoms with E-state index in [0.29, 0.717) is 18.7 Å². The van der Waals surface area contributed by atoms with Crippen LogP contribution in [0.1, 0.15) is 13.8 Å².